The lowest BCUT2D eigenvalue weighted by atomic mass is 10.1. The fourth-order valence-corrected chi connectivity index (χ4v) is 2.73. The number of carbonyl (C=O) groups excluding carboxylic acids is 1. The topological polar surface area (TPSA) is 64.3 Å². The van der Waals surface area contributed by atoms with Gasteiger partial charge in [-0.25, -0.2) is 0 Å². The molecule has 0 unspecified atom stereocenters. The van der Waals surface area contributed by atoms with E-state index in [1.165, 1.54) is 5.56 Å². The maximum atomic E-state index is 11.8. The van der Waals surface area contributed by atoms with Crippen molar-refractivity contribution < 1.29 is 9.53 Å². The molecule has 0 bridgehead atoms. The molecule has 4 heteroatoms. The number of carbonyl (C=O) groups is 1. The van der Waals surface area contributed by atoms with Gasteiger partial charge < -0.3 is 15.8 Å². The Morgan fingerprint density at radius 1 is 0.885 bits per heavy atom. The van der Waals surface area contributed by atoms with Crippen molar-refractivity contribution in [2.24, 2.45) is 0 Å². The maximum Gasteiger partial charge on any atom is 0.219 e. The van der Waals surface area contributed by atoms with Crippen molar-refractivity contribution in [2.75, 3.05) is 18.9 Å². The summed E-state index contributed by atoms with van der Waals surface area (Å²) in [5, 5.41) is 3.00. The highest BCUT2D eigenvalue weighted by atomic mass is 16.5. The van der Waals surface area contributed by atoms with E-state index in [4.69, 9.17) is 10.5 Å². The van der Waals surface area contributed by atoms with Gasteiger partial charge in [0.05, 0.1) is 6.61 Å². The lowest BCUT2D eigenvalue weighted by Gasteiger charge is -2.07. The van der Waals surface area contributed by atoms with Gasteiger partial charge in [0, 0.05) is 18.7 Å². The van der Waals surface area contributed by atoms with Gasteiger partial charge in [-0.3, -0.25) is 4.79 Å². The molecule has 0 aliphatic carbocycles. The summed E-state index contributed by atoms with van der Waals surface area (Å²) in [5.41, 5.74) is 7.72. The number of benzene rings is 2. The molecule has 0 saturated carbocycles. The SMILES string of the molecule is Nc1ccc(OCCCCCNC(=O)CCCCc2ccccc2)cc1. The molecular formula is C22H30N2O2. The molecule has 2 rings (SSSR count). The number of nitrogens with two attached hydrogens (primary N) is 1. The van der Waals surface area contributed by atoms with Crippen molar-refractivity contribution in [1.29, 1.82) is 0 Å². The predicted octanol–water partition coefficient (Wildman–Crippen LogP) is 4.35. The Kier molecular flexibility index (Phi) is 9.12. The lowest BCUT2D eigenvalue weighted by molar-refractivity contribution is -0.121. The zero-order chi connectivity index (χ0) is 18.5. The van der Waals surface area contributed by atoms with Crippen LogP contribution in [0.25, 0.3) is 0 Å². The predicted molar refractivity (Wildman–Crippen MR) is 107 cm³/mol. The van der Waals surface area contributed by atoms with Crippen molar-refractivity contribution >= 4 is 11.6 Å². The molecule has 0 aliphatic rings. The minimum absolute atomic E-state index is 0.163. The van der Waals surface area contributed by atoms with Gasteiger partial charge in [0.25, 0.3) is 0 Å². The van der Waals surface area contributed by atoms with E-state index in [0.717, 1.165) is 56.5 Å². The first-order chi connectivity index (χ1) is 12.7. The summed E-state index contributed by atoms with van der Waals surface area (Å²) in [6.07, 6.45) is 6.67. The van der Waals surface area contributed by atoms with E-state index in [9.17, 15) is 4.79 Å². The number of ether oxygens (including phenoxy) is 1. The summed E-state index contributed by atoms with van der Waals surface area (Å²) >= 11 is 0. The Morgan fingerprint density at radius 2 is 1.65 bits per heavy atom. The normalized spacial score (nSPS) is 10.5. The first kappa shape index (κ1) is 19.8. The number of anilines is 1. The Morgan fingerprint density at radius 3 is 2.42 bits per heavy atom. The number of nitrogens with one attached hydrogen (secondary N) is 1. The van der Waals surface area contributed by atoms with Crippen molar-refractivity contribution in [2.45, 2.75) is 44.9 Å². The third-order valence-electron chi connectivity index (χ3n) is 4.25. The molecule has 140 valence electrons. The Balaban J connectivity index is 1.40. The van der Waals surface area contributed by atoms with Crippen LogP contribution in [-0.4, -0.2) is 19.1 Å². The number of hydrogen-bond donors (Lipinski definition) is 2. The molecule has 2 aromatic rings. The van der Waals surface area contributed by atoms with Gasteiger partial charge in [-0.15, -0.1) is 0 Å². The molecule has 0 spiro atoms. The minimum Gasteiger partial charge on any atom is -0.494 e. The van der Waals surface area contributed by atoms with Gasteiger partial charge >= 0.3 is 0 Å². The first-order valence-corrected chi connectivity index (χ1v) is 9.53. The van der Waals surface area contributed by atoms with Gasteiger partial charge in [0.1, 0.15) is 5.75 Å². The molecular weight excluding hydrogens is 324 g/mol. The highest BCUT2D eigenvalue weighted by Gasteiger charge is 2.01. The first-order valence-electron chi connectivity index (χ1n) is 9.53. The standard InChI is InChI=1S/C22H30N2O2/c23-20-13-15-21(16-14-20)26-18-8-2-7-17-24-22(25)12-6-5-11-19-9-3-1-4-10-19/h1,3-4,9-10,13-16H,2,5-8,11-12,17-18,23H2,(H,24,25). The molecule has 3 N–H and O–H groups in total. The lowest BCUT2D eigenvalue weighted by Crippen LogP contribution is -2.24. The second kappa shape index (κ2) is 12.0. The number of nitrogen functional groups attached to an aromatic ring is 1. The zero-order valence-corrected chi connectivity index (χ0v) is 15.5. The van der Waals surface area contributed by atoms with E-state index < -0.39 is 0 Å². The van der Waals surface area contributed by atoms with Crippen LogP contribution in [0.1, 0.15) is 44.1 Å². The van der Waals surface area contributed by atoms with Crippen molar-refractivity contribution in [3.8, 4) is 5.75 Å². The fourth-order valence-electron chi connectivity index (χ4n) is 2.73. The number of rotatable bonds is 12. The highest BCUT2D eigenvalue weighted by molar-refractivity contribution is 5.75. The largest absolute Gasteiger partial charge is 0.494 e. The van der Waals surface area contributed by atoms with Gasteiger partial charge in [-0.2, -0.15) is 0 Å². The van der Waals surface area contributed by atoms with Gasteiger partial charge in [-0.05, 0) is 68.4 Å². The van der Waals surface area contributed by atoms with Crippen LogP contribution in [-0.2, 0) is 11.2 Å². The zero-order valence-electron chi connectivity index (χ0n) is 15.5. The van der Waals surface area contributed by atoms with Crippen LogP contribution in [0.5, 0.6) is 5.75 Å². The molecule has 2 aromatic carbocycles. The molecule has 0 saturated heterocycles. The van der Waals surface area contributed by atoms with E-state index in [2.05, 4.69) is 29.6 Å². The molecule has 0 heterocycles. The van der Waals surface area contributed by atoms with Crippen LogP contribution < -0.4 is 15.8 Å². The Hall–Kier alpha value is -2.49. The average Bonchev–Trinajstić information content (AvgIpc) is 2.67. The van der Waals surface area contributed by atoms with Crippen molar-refractivity contribution in [3.05, 3.63) is 60.2 Å². The second-order valence-corrected chi connectivity index (χ2v) is 6.52. The molecule has 1 amide bonds. The van der Waals surface area contributed by atoms with E-state index >= 15 is 0 Å². The minimum atomic E-state index is 0.163. The molecule has 4 nitrogen and oxygen atoms in total. The van der Waals surface area contributed by atoms with Crippen LogP contribution >= 0.6 is 0 Å². The maximum absolute atomic E-state index is 11.8. The molecule has 26 heavy (non-hydrogen) atoms. The number of unbranched alkanes of at least 4 members (excludes halogenated alkanes) is 3. The van der Waals surface area contributed by atoms with E-state index in [-0.39, 0.29) is 5.91 Å². The van der Waals surface area contributed by atoms with Crippen LogP contribution in [0.4, 0.5) is 5.69 Å². The van der Waals surface area contributed by atoms with Crippen LogP contribution in [0.3, 0.4) is 0 Å². The van der Waals surface area contributed by atoms with Crippen LogP contribution in [0.2, 0.25) is 0 Å². The van der Waals surface area contributed by atoms with Crippen LogP contribution in [0.15, 0.2) is 54.6 Å². The average molecular weight is 354 g/mol. The Bertz CT molecular complexity index is 626. The highest BCUT2D eigenvalue weighted by Crippen LogP contribution is 2.13. The number of amides is 1. The van der Waals surface area contributed by atoms with E-state index in [1.54, 1.807) is 0 Å². The van der Waals surface area contributed by atoms with E-state index in [1.807, 2.05) is 30.3 Å². The second-order valence-electron chi connectivity index (χ2n) is 6.52. The summed E-state index contributed by atoms with van der Waals surface area (Å²) in [6.45, 7) is 1.44. The smallest absolute Gasteiger partial charge is 0.219 e. The summed E-state index contributed by atoms with van der Waals surface area (Å²) in [5.74, 6) is 1.01. The Labute approximate surface area is 156 Å². The number of aryl methyl sites for hydroxylation is 1. The summed E-state index contributed by atoms with van der Waals surface area (Å²) in [6, 6.07) is 17.9. The fraction of sp³-hybridized carbons (Fsp3) is 0.409. The molecule has 0 atom stereocenters. The van der Waals surface area contributed by atoms with Crippen molar-refractivity contribution in [1.82, 2.24) is 5.32 Å². The quantitative estimate of drug-likeness (QED) is 0.440. The van der Waals surface area contributed by atoms with Gasteiger partial charge in [0.15, 0.2) is 0 Å². The number of hydrogen-bond acceptors (Lipinski definition) is 3. The monoisotopic (exact) mass is 354 g/mol. The molecule has 0 aliphatic heterocycles. The molecule has 0 radical (unpaired) electrons. The summed E-state index contributed by atoms with van der Waals surface area (Å²) in [4.78, 5) is 11.8. The third kappa shape index (κ3) is 8.56. The van der Waals surface area contributed by atoms with Gasteiger partial charge in [-0.1, -0.05) is 30.3 Å². The van der Waals surface area contributed by atoms with Gasteiger partial charge in [0.2, 0.25) is 5.91 Å². The van der Waals surface area contributed by atoms with E-state index in [0.29, 0.717) is 13.0 Å². The van der Waals surface area contributed by atoms with Crippen LogP contribution in [0, 0.1) is 0 Å². The third-order valence-corrected chi connectivity index (χ3v) is 4.25. The molecule has 0 aromatic heterocycles. The summed E-state index contributed by atoms with van der Waals surface area (Å²) < 4.78 is 5.65. The molecule has 0 fully saturated rings. The van der Waals surface area contributed by atoms with Crippen molar-refractivity contribution in [3.63, 3.8) is 0 Å². The summed E-state index contributed by atoms with van der Waals surface area (Å²) in [7, 11) is 0.